The standard InChI is InChI=1S/C24H50N10O3S2/c1-17(35)30-12-6-4-9-18(34-20(36)11-5-7-13-31-22(26)27)15-38-39-24(2,3)16-33-21(37)19(25)10-8-14-32-23(28)29/h18-19H,4-16,25H2,1-3H3,(H,30,35)(H,33,37)(H,34,36)(H4,26,27,31)(H4,28,29,32)/t18-,19?/m1/s1. The van der Waals surface area contributed by atoms with Crippen molar-refractivity contribution >= 4 is 51.2 Å². The smallest absolute Gasteiger partial charge is 0.236 e. The van der Waals surface area contributed by atoms with Gasteiger partial charge in [-0.1, -0.05) is 21.6 Å². The summed E-state index contributed by atoms with van der Waals surface area (Å²) >= 11 is 0. The summed E-state index contributed by atoms with van der Waals surface area (Å²) in [6.07, 6.45) is 5.49. The zero-order valence-electron chi connectivity index (χ0n) is 23.6. The van der Waals surface area contributed by atoms with E-state index < -0.39 is 6.04 Å². The van der Waals surface area contributed by atoms with Crippen molar-refractivity contribution in [2.75, 3.05) is 31.9 Å². The molecule has 0 saturated heterocycles. The van der Waals surface area contributed by atoms with E-state index in [9.17, 15) is 14.4 Å². The summed E-state index contributed by atoms with van der Waals surface area (Å²) in [6.45, 7) is 7.71. The van der Waals surface area contributed by atoms with E-state index in [4.69, 9.17) is 28.0 Å². The molecule has 39 heavy (non-hydrogen) atoms. The van der Waals surface area contributed by atoms with Crippen LogP contribution in [0.15, 0.2) is 0 Å². The quantitative estimate of drug-likeness (QED) is 0.0358. The first-order valence-corrected chi connectivity index (χ1v) is 15.7. The van der Waals surface area contributed by atoms with Crippen LogP contribution < -0.4 is 43.8 Å². The Balaban J connectivity index is 4.55. The van der Waals surface area contributed by atoms with Crippen LogP contribution in [0.5, 0.6) is 0 Å². The van der Waals surface area contributed by atoms with Gasteiger partial charge in [0.25, 0.3) is 0 Å². The Hall–Kier alpha value is -2.39. The minimum atomic E-state index is -0.623. The number of hydrogen-bond acceptors (Lipinski definition) is 8. The number of guanidine groups is 2. The maximum Gasteiger partial charge on any atom is 0.236 e. The zero-order valence-corrected chi connectivity index (χ0v) is 25.3. The maximum absolute atomic E-state index is 12.5. The lowest BCUT2D eigenvalue weighted by atomic mass is 10.1. The maximum atomic E-state index is 12.5. The van der Waals surface area contributed by atoms with Crippen molar-refractivity contribution < 1.29 is 14.4 Å². The predicted molar refractivity (Wildman–Crippen MR) is 162 cm³/mol. The molecule has 0 fully saturated rings. The molecule has 13 N–H and O–H groups in total. The van der Waals surface area contributed by atoms with Gasteiger partial charge in [0.15, 0.2) is 11.9 Å². The van der Waals surface area contributed by atoms with E-state index in [2.05, 4.69) is 26.6 Å². The van der Waals surface area contributed by atoms with Crippen LogP contribution in [0.1, 0.15) is 72.1 Å². The molecule has 0 spiro atoms. The van der Waals surface area contributed by atoms with Crippen molar-refractivity contribution in [1.29, 1.82) is 10.8 Å². The number of carbonyl (C=O) groups is 3. The van der Waals surface area contributed by atoms with Gasteiger partial charge in [0.2, 0.25) is 17.7 Å². The number of hydrogen-bond donors (Lipinski definition) is 10. The van der Waals surface area contributed by atoms with Crippen LogP contribution in [0.2, 0.25) is 0 Å². The minimum Gasteiger partial charge on any atom is -0.370 e. The Morgan fingerprint density at radius 1 is 0.846 bits per heavy atom. The van der Waals surface area contributed by atoms with Crippen molar-refractivity contribution in [3.63, 3.8) is 0 Å². The average molecular weight is 591 g/mol. The van der Waals surface area contributed by atoms with Crippen LogP contribution in [-0.4, -0.2) is 78.4 Å². The van der Waals surface area contributed by atoms with Crippen LogP contribution in [0.3, 0.4) is 0 Å². The number of unbranched alkanes of at least 4 members (excludes halogenated alkanes) is 2. The molecule has 226 valence electrons. The van der Waals surface area contributed by atoms with Gasteiger partial charge in [-0.05, 0) is 58.8 Å². The summed E-state index contributed by atoms with van der Waals surface area (Å²) in [5, 5.41) is 28.6. The molecule has 0 aliphatic rings. The van der Waals surface area contributed by atoms with E-state index in [1.807, 2.05) is 13.8 Å². The molecule has 0 saturated carbocycles. The number of nitrogens with one attached hydrogen (secondary N) is 7. The molecule has 0 aliphatic carbocycles. The molecule has 0 aromatic rings. The highest BCUT2D eigenvalue weighted by atomic mass is 33.1. The molecular weight excluding hydrogens is 540 g/mol. The van der Waals surface area contributed by atoms with Crippen LogP contribution in [0, 0.1) is 10.8 Å². The lowest BCUT2D eigenvalue weighted by Gasteiger charge is -2.26. The molecule has 1 unspecified atom stereocenters. The Morgan fingerprint density at radius 2 is 1.44 bits per heavy atom. The average Bonchev–Trinajstić information content (AvgIpc) is 2.83. The van der Waals surface area contributed by atoms with Gasteiger partial charge in [0.1, 0.15) is 0 Å². The fourth-order valence-electron chi connectivity index (χ4n) is 3.32. The van der Waals surface area contributed by atoms with E-state index in [0.717, 1.165) is 25.7 Å². The lowest BCUT2D eigenvalue weighted by Crippen LogP contribution is -2.45. The van der Waals surface area contributed by atoms with Crippen LogP contribution in [0.4, 0.5) is 0 Å². The van der Waals surface area contributed by atoms with Gasteiger partial charge < -0.3 is 43.8 Å². The Kier molecular flexibility index (Phi) is 20.1. The Bertz CT molecular complexity index is 770. The molecule has 0 aliphatic heterocycles. The van der Waals surface area contributed by atoms with Gasteiger partial charge in [-0.25, -0.2) is 0 Å². The molecule has 0 heterocycles. The van der Waals surface area contributed by atoms with Gasteiger partial charge in [-0.3, -0.25) is 25.2 Å². The first kappa shape index (κ1) is 36.6. The van der Waals surface area contributed by atoms with E-state index in [0.29, 0.717) is 57.6 Å². The van der Waals surface area contributed by atoms with E-state index in [-0.39, 0.29) is 40.4 Å². The second-order valence-electron chi connectivity index (χ2n) is 9.98. The van der Waals surface area contributed by atoms with Crippen molar-refractivity contribution in [3.05, 3.63) is 0 Å². The monoisotopic (exact) mass is 590 g/mol. The van der Waals surface area contributed by atoms with Crippen molar-refractivity contribution in [3.8, 4) is 0 Å². The third kappa shape index (κ3) is 23.2. The topological polar surface area (TPSA) is 237 Å². The van der Waals surface area contributed by atoms with Crippen molar-refractivity contribution in [2.24, 2.45) is 17.2 Å². The largest absolute Gasteiger partial charge is 0.370 e. The van der Waals surface area contributed by atoms with E-state index in [1.54, 1.807) is 21.6 Å². The van der Waals surface area contributed by atoms with E-state index >= 15 is 0 Å². The molecule has 2 atom stereocenters. The molecule has 13 nitrogen and oxygen atoms in total. The second kappa shape index (κ2) is 21.4. The highest BCUT2D eigenvalue weighted by molar-refractivity contribution is 8.77. The molecule has 0 aromatic carbocycles. The summed E-state index contributed by atoms with van der Waals surface area (Å²) in [5.41, 5.74) is 16.5. The molecule has 0 aromatic heterocycles. The second-order valence-corrected chi connectivity index (χ2v) is 13.0. The number of rotatable bonds is 22. The highest BCUT2D eigenvalue weighted by Crippen LogP contribution is 2.36. The van der Waals surface area contributed by atoms with E-state index in [1.165, 1.54) is 6.92 Å². The Labute approximate surface area is 240 Å². The summed E-state index contributed by atoms with van der Waals surface area (Å²) in [5.74, 6) is 0.273. The molecule has 0 bridgehead atoms. The Morgan fingerprint density at radius 3 is 2.05 bits per heavy atom. The number of carbonyl (C=O) groups excluding carboxylic acids is 3. The van der Waals surface area contributed by atoms with Crippen molar-refractivity contribution in [2.45, 2.75) is 89.0 Å². The van der Waals surface area contributed by atoms with Gasteiger partial charge in [0.05, 0.1) is 6.04 Å². The van der Waals surface area contributed by atoms with Crippen LogP contribution in [-0.2, 0) is 14.4 Å². The number of amides is 3. The normalized spacial score (nSPS) is 12.6. The minimum absolute atomic E-state index is 0.00528. The summed E-state index contributed by atoms with van der Waals surface area (Å²) in [7, 11) is 3.31. The van der Waals surface area contributed by atoms with Gasteiger partial charge in [-0.2, -0.15) is 0 Å². The highest BCUT2D eigenvalue weighted by Gasteiger charge is 2.23. The van der Waals surface area contributed by atoms with Gasteiger partial charge in [0, 0.05) is 56.1 Å². The summed E-state index contributed by atoms with van der Waals surface area (Å²) in [6, 6.07) is -0.632. The fraction of sp³-hybridized carbons (Fsp3) is 0.792. The van der Waals surface area contributed by atoms with Gasteiger partial charge >= 0.3 is 0 Å². The lowest BCUT2D eigenvalue weighted by molar-refractivity contribution is -0.123. The fourth-order valence-corrected chi connectivity index (χ4v) is 6.09. The first-order valence-electron chi connectivity index (χ1n) is 13.4. The zero-order chi connectivity index (χ0) is 29.7. The van der Waals surface area contributed by atoms with Crippen LogP contribution >= 0.6 is 21.6 Å². The SMILES string of the molecule is CC(=O)NCCCC[C@H](CSSC(C)(C)CNC(=O)C(N)CCCNC(=N)N)NC(=O)CCCCNC(=N)N. The third-order valence-electron chi connectivity index (χ3n) is 5.45. The molecule has 3 amide bonds. The molecular formula is C24H50N10O3S2. The van der Waals surface area contributed by atoms with Crippen molar-refractivity contribution in [1.82, 2.24) is 26.6 Å². The van der Waals surface area contributed by atoms with Crippen LogP contribution in [0.25, 0.3) is 0 Å². The predicted octanol–water partition coefficient (Wildman–Crippen LogP) is 0.298. The first-order chi connectivity index (χ1) is 18.3. The molecule has 0 radical (unpaired) electrons. The summed E-state index contributed by atoms with van der Waals surface area (Å²) < 4.78 is -0.250. The molecule has 0 rings (SSSR count). The third-order valence-corrected chi connectivity index (χ3v) is 8.82. The summed E-state index contributed by atoms with van der Waals surface area (Å²) in [4.78, 5) is 35.9. The molecule has 15 heteroatoms. The number of nitrogens with two attached hydrogens (primary N) is 3. The van der Waals surface area contributed by atoms with Gasteiger partial charge in [-0.15, -0.1) is 0 Å².